The second kappa shape index (κ2) is 10.2. The molecule has 194 valence electrons. The van der Waals surface area contributed by atoms with E-state index in [1.807, 2.05) is 0 Å². The third-order valence-electron chi connectivity index (χ3n) is 6.49. The Morgan fingerprint density at radius 2 is 1.83 bits per heavy atom. The van der Waals surface area contributed by atoms with Gasteiger partial charge in [0.1, 0.15) is 11.4 Å². The standard InChI is InChI=1S/C21H24N4O4.C2HF3O2/c26-19(15-3-7-22-8-4-15)23-9-5-16-6-10-28-21(16)12-25(13-21)20(27)17-11-18(29-24-17)14-1-2-14;3-2(4,5)1(6)7/h3-4,7-8,11,14,16H,1-2,5-6,9-10,12-13H2,(H,23,26);(H,6,7). The second-order valence-electron chi connectivity index (χ2n) is 9.03. The van der Waals surface area contributed by atoms with Gasteiger partial charge in [0, 0.05) is 43.1 Å². The molecule has 0 bridgehead atoms. The number of carboxylic acid groups (broad SMARTS) is 1. The van der Waals surface area contributed by atoms with Gasteiger partial charge in [0.05, 0.1) is 13.1 Å². The van der Waals surface area contributed by atoms with Crippen LogP contribution in [0.1, 0.15) is 58.2 Å². The molecule has 1 saturated carbocycles. The average Bonchev–Trinajstić information content (AvgIpc) is 3.39. The molecule has 0 aromatic carbocycles. The van der Waals surface area contributed by atoms with Crippen LogP contribution in [0.3, 0.4) is 0 Å². The molecule has 2 aliphatic heterocycles. The SMILES string of the molecule is O=C(NCCC1CCOC12CN(C(=O)c1cc(C3CC3)on1)C2)c1ccncc1.O=C(O)C(F)(F)F. The van der Waals surface area contributed by atoms with Crippen LogP contribution in [-0.4, -0.2) is 75.9 Å². The Morgan fingerprint density at radius 3 is 2.44 bits per heavy atom. The second-order valence-corrected chi connectivity index (χ2v) is 9.03. The summed E-state index contributed by atoms with van der Waals surface area (Å²) in [6.07, 6.45) is 2.14. The van der Waals surface area contributed by atoms with E-state index in [2.05, 4.69) is 15.5 Å². The lowest BCUT2D eigenvalue weighted by Crippen LogP contribution is -2.66. The lowest BCUT2D eigenvalue weighted by molar-refractivity contribution is -0.192. The minimum Gasteiger partial charge on any atom is -0.475 e. The number of aliphatic carboxylic acids is 1. The summed E-state index contributed by atoms with van der Waals surface area (Å²) < 4.78 is 43.1. The van der Waals surface area contributed by atoms with Crippen molar-refractivity contribution in [1.82, 2.24) is 20.4 Å². The molecule has 2 amide bonds. The number of carbonyl (C=O) groups excluding carboxylic acids is 2. The van der Waals surface area contributed by atoms with Crippen LogP contribution in [0.2, 0.25) is 0 Å². The van der Waals surface area contributed by atoms with Gasteiger partial charge in [-0.15, -0.1) is 0 Å². The number of alkyl halides is 3. The predicted octanol–water partition coefficient (Wildman–Crippen LogP) is 2.63. The van der Waals surface area contributed by atoms with Gasteiger partial charge in [0.2, 0.25) is 0 Å². The van der Waals surface area contributed by atoms with Crippen molar-refractivity contribution in [2.24, 2.45) is 5.92 Å². The van der Waals surface area contributed by atoms with E-state index in [-0.39, 0.29) is 17.4 Å². The van der Waals surface area contributed by atoms with E-state index in [1.165, 1.54) is 0 Å². The molecule has 2 N–H and O–H groups in total. The van der Waals surface area contributed by atoms with Gasteiger partial charge in [-0.2, -0.15) is 13.2 Å². The number of hydrogen-bond donors (Lipinski definition) is 2. The van der Waals surface area contributed by atoms with E-state index in [9.17, 15) is 22.8 Å². The molecule has 2 aromatic rings. The van der Waals surface area contributed by atoms with Crippen LogP contribution < -0.4 is 5.32 Å². The molecule has 5 rings (SSSR count). The van der Waals surface area contributed by atoms with E-state index in [0.717, 1.165) is 31.4 Å². The minimum absolute atomic E-state index is 0.0912. The van der Waals surface area contributed by atoms with E-state index in [4.69, 9.17) is 19.2 Å². The topological polar surface area (TPSA) is 135 Å². The van der Waals surface area contributed by atoms with Crippen molar-refractivity contribution in [3.05, 3.63) is 47.6 Å². The number of ether oxygens (including phenoxy) is 1. The number of hydrogen-bond acceptors (Lipinski definition) is 7. The molecule has 1 unspecified atom stereocenters. The maximum atomic E-state index is 12.7. The first-order chi connectivity index (χ1) is 17.1. The van der Waals surface area contributed by atoms with Crippen LogP contribution >= 0.6 is 0 Å². The van der Waals surface area contributed by atoms with Gasteiger partial charge in [-0.1, -0.05) is 5.16 Å². The van der Waals surface area contributed by atoms with Crippen LogP contribution in [-0.2, 0) is 9.53 Å². The van der Waals surface area contributed by atoms with Crippen LogP contribution in [0.15, 0.2) is 35.1 Å². The first-order valence-corrected chi connectivity index (χ1v) is 11.5. The number of amides is 2. The summed E-state index contributed by atoms with van der Waals surface area (Å²) in [7, 11) is 0. The zero-order chi connectivity index (χ0) is 25.9. The third kappa shape index (κ3) is 5.83. The molecule has 36 heavy (non-hydrogen) atoms. The largest absolute Gasteiger partial charge is 0.490 e. The fraction of sp³-hybridized carbons (Fsp3) is 0.522. The van der Waals surface area contributed by atoms with Crippen molar-refractivity contribution in [2.75, 3.05) is 26.2 Å². The smallest absolute Gasteiger partial charge is 0.475 e. The average molecular weight is 510 g/mol. The summed E-state index contributed by atoms with van der Waals surface area (Å²) in [5.74, 6) is -1.36. The van der Waals surface area contributed by atoms with Gasteiger partial charge in [-0.05, 0) is 43.7 Å². The van der Waals surface area contributed by atoms with Crippen molar-refractivity contribution in [1.29, 1.82) is 0 Å². The zero-order valence-corrected chi connectivity index (χ0v) is 19.2. The predicted molar refractivity (Wildman–Crippen MR) is 116 cm³/mol. The molecule has 1 aliphatic carbocycles. The molecule has 4 heterocycles. The number of nitrogens with one attached hydrogen (secondary N) is 1. The number of pyridine rings is 1. The van der Waals surface area contributed by atoms with Crippen LogP contribution in [0, 0.1) is 5.92 Å². The summed E-state index contributed by atoms with van der Waals surface area (Å²) in [5, 5.41) is 14.0. The molecule has 1 atom stereocenters. The first-order valence-electron chi connectivity index (χ1n) is 11.5. The van der Waals surface area contributed by atoms with Crippen LogP contribution in [0.5, 0.6) is 0 Å². The number of aromatic nitrogens is 2. The van der Waals surface area contributed by atoms with Gasteiger partial charge in [-0.25, -0.2) is 4.79 Å². The Morgan fingerprint density at radius 1 is 1.17 bits per heavy atom. The molecule has 3 aliphatic rings. The van der Waals surface area contributed by atoms with E-state index in [0.29, 0.717) is 49.3 Å². The van der Waals surface area contributed by atoms with Crippen molar-refractivity contribution in [3.8, 4) is 0 Å². The van der Waals surface area contributed by atoms with Gasteiger partial charge in [0.15, 0.2) is 5.69 Å². The minimum atomic E-state index is -5.08. The number of carboxylic acids is 1. The Balaban J connectivity index is 0.000000384. The van der Waals surface area contributed by atoms with Gasteiger partial charge in [-0.3, -0.25) is 14.6 Å². The lowest BCUT2D eigenvalue weighted by Gasteiger charge is -2.50. The lowest BCUT2D eigenvalue weighted by atomic mass is 9.78. The fourth-order valence-electron chi connectivity index (χ4n) is 4.36. The third-order valence-corrected chi connectivity index (χ3v) is 6.49. The molecule has 1 spiro atoms. The highest BCUT2D eigenvalue weighted by atomic mass is 19.4. The summed E-state index contributed by atoms with van der Waals surface area (Å²) >= 11 is 0. The van der Waals surface area contributed by atoms with Crippen LogP contribution in [0.25, 0.3) is 0 Å². The van der Waals surface area contributed by atoms with Crippen molar-refractivity contribution >= 4 is 17.8 Å². The number of rotatable bonds is 6. The number of nitrogens with zero attached hydrogens (tertiary/aromatic N) is 3. The maximum Gasteiger partial charge on any atom is 0.490 e. The van der Waals surface area contributed by atoms with Crippen molar-refractivity contribution < 1.29 is 41.9 Å². The van der Waals surface area contributed by atoms with E-state index in [1.54, 1.807) is 35.5 Å². The monoisotopic (exact) mass is 510 g/mol. The summed E-state index contributed by atoms with van der Waals surface area (Å²) in [6, 6.07) is 5.18. The Bertz CT molecular complexity index is 1100. The van der Waals surface area contributed by atoms with Gasteiger partial charge in [0.25, 0.3) is 11.8 Å². The highest BCUT2D eigenvalue weighted by molar-refractivity contribution is 5.94. The summed E-state index contributed by atoms with van der Waals surface area (Å²) in [5.41, 5.74) is 0.706. The highest BCUT2D eigenvalue weighted by Gasteiger charge is 2.54. The van der Waals surface area contributed by atoms with E-state index >= 15 is 0 Å². The number of likely N-dealkylation sites (tertiary alicyclic amines) is 1. The Hall–Kier alpha value is -3.48. The molecule has 0 radical (unpaired) electrons. The molecule has 13 heteroatoms. The molecular weight excluding hydrogens is 485 g/mol. The van der Waals surface area contributed by atoms with Crippen molar-refractivity contribution in [2.45, 2.75) is 43.4 Å². The van der Waals surface area contributed by atoms with Gasteiger partial charge < -0.3 is 24.6 Å². The number of carbonyl (C=O) groups is 3. The molecule has 3 fully saturated rings. The molecule has 2 saturated heterocycles. The molecular formula is C23H25F3N4O6. The first kappa shape index (κ1) is 25.6. The number of halogens is 3. The molecule has 2 aromatic heterocycles. The van der Waals surface area contributed by atoms with Gasteiger partial charge >= 0.3 is 12.1 Å². The summed E-state index contributed by atoms with van der Waals surface area (Å²) in [6.45, 7) is 2.42. The highest BCUT2D eigenvalue weighted by Crippen LogP contribution is 2.43. The normalized spacial score (nSPS) is 20.3. The van der Waals surface area contributed by atoms with Crippen molar-refractivity contribution in [3.63, 3.8) is 0 Å². The Kier molecular flexibility index (Phi) is 7.29. The maximum absolute atomic E-state index is 12.7. The summed E-state index contributed by atoms with van der Waals surface area (Å²) in [4.78, 5) is 39.5. The quantitative estimate of drug-likeness (QED) is 0.606. The van der Waals surface area contributed by atoms with E-state index < -0.39 is 12.1 Å². The zero-order valence-electron chi connectivity index (χ0n) is 19.2. The van der Waals surface area contributed by atoms with Crippen LogP contribution in [0.4, 0.5) is 13.2 Å². The molecule has 10 nitrogen and oxygen atoms in total. The fourth-order valence-corrected chi connectivity index (χ4v) is 4.36. The Labute approximate surface area is 203 Å².